The maximum Gasteiger partial charge on any atom is 1.00 e. The van der Waals surface area contributed by atoms with E-state index in [0.717, 1.165) is 12.1 Å². The van der Waals surface area contributed by atoms with Crippen LogP contribution in [0.5, 0.6) is 5.75 Å². The van der Waals surface area contributed by atoms with Gasteiger partial charge < -0.3 is 9.66 Å². The van der Waals surface area contributed by atoms with E-state index in [-0.39, 0.29) is 69.9 Å². The topological polar surface area (TPSA) is 135 Å². The molecule has 0 unspecified atom stereocenters. The molecule has 0 spiro atoms. The van der Waals surface area contributed by atoms with Crippen LogP contribution in [-0.4, -0.2) is 25.9 Å². The number of rotatable bonds is 2. The van der Waals surface area contributed by atoms with Gasteiger partial charge in [0.15, 0.2) is 0 Å². The molecule has 2 rings (SSSR count). The van der Waals surface area contributed by atoms with E-state index in [9.17, 15) is 26.5 Å². The molecule has 0 atom stereocenters. The summed E-state index contributed by atoms with van der Waals surface area (Å²) >= 11 is 0. The van der Waals surface area contributed by atoms with Gasteiger partial charge in [-0.1, -0.05) is 23.9 Å². The van der Waals surface area contributed by atoms with Crippen LogP contribution in [0.2, 0.25) is 0 Å². The fourth-order valence-electron chi connectivity index (χ4n) is 1.69. The third kappa shape index (κ3) is 4.64. The molecule has 0 aromatic heterocycles. The van der Waals surface area contributed by atoms with E-state index in [1.807, 2.05) is 0 Å². The zero-order valence-electron chi connectivity index (χ0n) is 11.1. The molecule has 102 valence electrons. The Balaban J connectivity index is 0.00000200. The van der Waals surface area contributed by atoms with Crippen molar-refractivity contribution in [3.05, 3.63) is 30.3 Å². The minimum Gasteiger partial charge on any atom is -0.872 e. The second kappa shape index (κ2) is 7.26. The molecular weight excluding hydrogens is 342 g/mol. The fourth-order valence-corrected chi connectivity index (χ4v) is 2.94. The number of fused-ring (bicyclic) bond motifs is 1. The Hall–Kier alpha value is 0.320. The molecule has 0 amide bonds. The van der Waals surface area contributed by atoms with Crippen LogP contribution in [0.3, 0.4) is 0 Å². The number of hydrogen-bond acceptors (Lipinski definition) is 6. The molecule has 7 nitrogen and oxygen atoms in total. The Morgan fingerprint density at radius 2 is 1.57 bits per heavy atom. The molecule has 0 heterocycles. The smallest absolute Gasteiger partial charge is 0.872 e. The second-order valence-electron chi connectivity index (χ2n) is 3.70. The van der Waals surface area contributed by atoms with E-state index < -0.39 is 35.8 Å². The van der Waals surface area contributed by atoms with Crippen LogP contribution in [0, 0.1) is 0 Å². The summed E-state index contributed by atoms with van der Waals surface area (Å²) < 4.78 is 63.8. The van der Waals surface area contributed by atoms with Gasteiger partial charge in [-0.2, -0.15) is 8.42 Å². The molecule has 11 heteroatoms. The van der Waals surface area contributed by atoms with E-state index in [4.69, 9.17) is 4.55 Å². The molecule has 21 heavy (non-hydrogen) atoms. The summed E-state index contributed by atoms with van der Waals surface area (Å²) in [5, 5.41) is 11.3. The molecule has 0 aliphatic carbocycles. The second-order valence-corrected chi connectivity index (χ2v) is 6.47. The Bertz CT molecular complexity index is 876. The van der Waals surface area contributed by atoms with E-state index in [0.29, 0.717) is 6.07 Å². The van der Waals surface area contributed by atoms with Crippen molar-refractivity contribution >= 4 is 31.0 Å². The summed E-state index contributed by atoms with van der Waals surface area (Å²) in [5.74, 6) is -0.972. The molecular formula is C10H6Na2O7S2. The summed E-state index contributed by atoms with van der Waals surface area (Å²) in [4.78, 5) is -1.39. The van der Waals surface area contributed by atoms with Crippen LogP contribution in [0.1, 0.15) is 0 Å². The van der Waals surface area contributed by atoms with E-state index >= 15 is 0 Å². The third-order valence-electron chi connectivity index (χ3n) is 2.44. The van der Waals surface area contributed by atoms with Crippen LogP contribution in [0.4, 0.5) is 0 Å². The standard InChI is InChI=1S/C10H8O7S2.2Na/c11-8-5-7(18(12,13)14)4-6-2-1-3-9(10(6)8)19(15,16)17;;/h1-5,11H,(H,12,13,14)(H,15,16,17);;/q;2*+1/p-2. The summed E-state index contributed by atoms with van der Waals surface area (Å²) in [5.41, 5.74) is 0. The van der Waals surface area contributed by atoms with Gasteiger partial charge in [0.1, 0.15) is 15.0 Å². The van der Waals surface area contributed by atoms with Crippen LogP contribution in [0.25, 0.3) is 10.8 Å². The molecule has 1 N–H and O–H groups in total. The van der Waals surface area contributed by atoms with Gasteiger partial charge in [0.25, 0.3) is 10.1 Å². The van der Waals surface area contributed by atoms with Crippen molar-refractivity contribution in [2.45, 2.75) is 9.79 Å². The van der Waals surface area contributed by atoms with Crippen LogP contribution in [-0.2, 0) is 20.2 Å². The van der Waals surface area contributed by atoms with Crippen molar-refractivity contribution < 1.29 is 90.2 Å². The maximum absolute atomic E-state index is 11.7. The van der Waals surface area contributed by atoms with Crippen LogP contribution >= 0.6 is 0 Å². The predicted molar refractivity (Wildman–Crippen MR) is 61.2 cm³/mol. The minimum atomic E-state index is -4.83. The summed E-state index contributed by atoms with van der Waals surface area (Å²) in [6.07, 6.45) is 0. The first-order valence-corrected chi connectivity index (χ1v) is 7.63. The van der Waals surface area contributed by atoms with Crippen molar-refractivity contribution in [1.29, 1.82) is 0 Å². The summed E-state index contributed by atoms with van der Waals surface area (Å²) in [6.45, 7) is 0. The van der Waals surface area contributed by atoms with Crippen molar-refractivity contribution in [1.82, 2.24) is 0 Å². The van der Waals surface area contributed by atoms with Crippen molar-refractivity contribution in [3.8, 4) is 5.75 Å². The van der Waals surface area contributed by atoms with Gasteiger partial charge in [-0.3, -0.25) is 4.55 Å². The van der Waals surface area contributed by atoms with Gasteiger partial charge in [0, 0.05) is 0 Å². The van der Waals surface area contributed by atoms with Gasteiger partial charge in [-0.05, 0) is 22.9 Å². The molecule has 0 bridgehead atoms. The van der Waals surface area contributed by atoms with Gasteiger partial charge in [0.2, 0.25) is 0 Å². The van der Waals surface area contributed by atoms with E-state index in [1.54, 1.807) is 0 Å². The average Bonchev–Trinajstić information content (AvgIpc) is 2.25. The monoisotopic (exact) mass is 348 g/mol. The van der Waals surface area contributed by atoms with Crippen molar-refractivity contribution in [2.75, 3.05) is 0 Å². The van der Waals surface area contributed by atoms with Crippen LogP contribution < -0.4 is 64.2 Å². The molecule has 0 saturated carbocycles. The predicted octanol–water partition coefficient (Wildman–Crippen LogP) is -5.93. The fraction of sp³-hybridized carbons (Fsp3) is 0. The van der Waals surface area contributed by atoms with Gasteiger partial charge in [-0.25, -0.2) is 8.42 Å². The maximum atomic E-state index is 11.7. The quantitative estimate of drug-likeness (QED) is 0.422. The largest absolute Gasteiger partial charge is 1.00 e. The number of benzene rings is 2. The molecule has 0 saturated heterocycles. The first kappa shape index (κ1) is 21.3. The third-order valence-corrected chi connectivity index (χ3v) is 4.15. The van der Waals surface area contributed by atoms with E-state index in [1.165, 1.54) is 12.1 Å². The molecule has 0 fully saturated rings. The Morgan fingerprint density at radius 3 is 2.05 bits per heavy atom. The minimum absolute atomic E-state index is 0. The van der Waals surface area contributed by atoms with Crippen molar-refractivity contribution in [2.24, 2.45) is 0 Å². The zero-order valence-corrected chi connectivity index (χ0v) is 16.7. The molecule has 0 aliphatic rings. The average molecular weight is 348 g/mol. The normalized spacial score (nSPS) is 11.5. The molecule has 0 aliphatic heterocycles. The SMILES string of the molecule is O=S(=O)([O-])c1cc([O-])c2c(S(=O)(=O)O)cccc2c1.[Na+].[Na+]. The number of hydrogen-bond donors (Lipinski definition) is 1. The molecule has 2 aromatic carbocycles. The van der Waals surface area contributed by atoms with Gasteiger partial charge in [-0.15, -0.1) is 0 Å². The summed E-state index contributed by atoms with van der Waals surface area (Å²) in [7, 11) is -9.45. The Kier molecular flexibility index (Phi) is 7.37. The van der Waals surface area contributed by atoms with Crippen molar-refractivity contribution in [3.63, 3.8) is 0 Å². The van der Waals surface area contributed by atoms with E-state index in [2.05, 4.69) is 0 Å². The molecule has 2 aromatic rings. The van der Waals surface area contributed by atoms with Gasteiger partial charge in [0.05, 0.1) is 4.90 Å². The Labute approximate surface area is 165 Å². The zero-order chi connectivity index (χ0) is 14.4. The first-order chi connectivity index (χ1) is 8.60. The Morgan fingerprint density at radius 1 is 1.00 bits per heavy atom. The van der Waals surface area contributed by atoms with Gasteiger partial charge >= 0.3 is 59.1 Å². The first-order valence-electron chi connectivity index (χ1n) is 4.78. The summed E-state index contributed by atoms with van der Waals surface area (Å²) in [6, 6.07) is 4.89. The van der Waals surface area contributed by atoms with Crippen LogP contribution in [0.15, 0.2) is 40.1 Å². The molecule has 0 radical (unpaired) electrons.